The number of carbonyl (C=O) groups is 2. The second-order valence-electron chi connectivity index (χ2n) is 10.2. The van der Waals surface area contributed by atoms with Crippen molar-refractivity contribution in [2.45, 2.75) is 39.6 Å². The lowest BCUT2D eigenvalue weighted by molar-refractivity contribution is -0.136. The van der Waals surface area contributed by atoms with Crippen molar-refractivity contribution in [3.63, 3.8) is 0 Å². The van der Waals surface area contributed by atoms with Gasteiger partial charge in [0.05, 0.1) is 43.1 Å². The third-order valence-corrected chi connectivity index (χ3v) is 7.45. The molecule has 0 saturated heterocycles. The van der Waals surface area contributed by atoms with Crippen molar-refractivity contribution < 1.29 is 38.4 Å². The number of methoxy groups -OCH3 is 2. The Hall–Kier alpha value is -4.75. The van der Waals surface area contributed by atoms with Crippen molar-refractivity contribution in [3.8, 4) is 23.0 Å². The van der Waals surface area contributed by atoms with E-state index in [1.807, 2.05) is 44.2 Å². The van der Waals surface area contributed by atoms with E-state index in [0.29, 0.717) is 57.5 Å². The van der Waals surface area contributed by atoms with Crippen molar-refractivity contribution in [2.24, 2.45) is 5.10 Å². The molecule has 0 aliphatic carbocycles. The maximum Gasteiger partial charge on any atom is 0.337 e. The van der Waals surface area contributed by atoms with Crippen LogP contribution in [0.4, 0.5) is 4.79 Å². The molecule has 1 aliphatic heterocycles. The molecule has 13 heteroatoms. The topological polar surface area (TPSA) is 149 Å². The van der Waals surface area contributed by atoms with Gasteiger partial charge in [-0.1, -0.05) is 35.9 Å². The number of urea groups is 1. The molecule has 1 heterocycles. The quantitative estimate of drug-likeness (QED) is 0.0802. The molecule has 46 heavy (non-hydrogen) atoms. The minimum Gasteiger partial charge on any atom is -0.493 e. The Morgan fingerprint density at radius 2 is 1.80 bits per heavy atom. The van der Waals surface area contributed by atoms with Gasteiger partial charge in [0, 0.05) is 5.70 Å². The van der Waals surface area contributed by atoms with Crippen LogP contribution in [0.3, 0.4) is 0 Å². The summed E-state index contributed by atoms with van der Waals surface area (Å²) in [4.78, 5) is 24.6. The van der Waals surface area contributed by atoms with Gasteiger partial charge < -0.3 is 39.4 Å². The highest BCUT2D eigenvalue weighted by Gasteiger charge is 2.32. The first-order valence-electron chi connectivity index (χ1n) is 14.4. The number of hydrazone groups is 1. The van der Waals surface area contributed by atoms with Gasteiger partial charge in [-0.2, -0.15) is 5.10 Å². The molecule has 4 rings (SSSR count). The van der Waals surface area contributed by atoms with Gasteiger partial charge in [-0.05, 0) is 77.7 Å². The smallest absolute Gasteiger partial charge is 0.337 e. The Kier molecular flexibility index (Phi) is 11.9. The third-order valence-electron chi connectivity index (χ3n) is 6.86. The van der Waals surface area contributed by atoms with E-state index >= 15 is 0 Å². The largest absolute Gasteiger partial charge is 0.493 e. The van der Waals surface area contributed by atoms with Crippen LogP contribution in [0.15, 0.2) is 75.4 Å². The second kappa shape index (κ2) is 16.0. The number of ether oxygens (including phenoxy) is 5. The third kappa shape index (κ3) is 8.70. The fourth-order valence-electron chi connectivity index (χ4n) is 4.61. The van der Waals surface area contributed by atoms with Gasteiger partial charge in [-0.15, -0.1) is 0 Å². The summed E-state index contributed by atoms with van der Waals surface area (Å²) in [7, 11) is 2.83. The van der Waals surface area contributed by atoms with Crippen LogP contribution in [0, 0.1) is 6.92 Å². The standard InChI is InChI=1S/C33H37BrN4O8/c1-6-44-26-15-23(30-29(32(40)43-5)20(3)36-33(41)37-30)11-12-25(26)45-18-28(39)38-35-16-22-13-24(34)31(27(14-22)42-4)46-17-21-9-7-19(2)8-10-21/h7-16,28,30,38-39H,6,17-18H2,1-5H3,(H2,36,37,41)/b35-16-/t28-,30+/m1/s1. The number of benzene rings is 3. The first kappa shape index (κ1) is 34.1. The van der Waals surface area contributed by atoms with Crippen molar-refractivity contribution >= 4 is 34.1 Å². The SMILES string of the molecule is CCOc1cc([C@@H]2NC(=O)NC(C)=C2C(=O)OC)ccc1OC[C@@H](O)N/N=C\c1cc(Br)c(OCc2ccc(C)cc2)c(OC)c1. The average molecular weight is 698 g/mol. The predicted octanol–water partition coefficient (Wildman–Crippen LogP) is 4.87. The molecule has 3 aromatic rings. The summed E-state index contributed by atoms with van der Waals surface area (Å²) in [5, 5.41) is 20.0. The fraction of sp³-hybridized carbons (Fsp3) is 0.303. The van der Waals surface area contributed by atoms with Crippen LogP contribution in [0.2, 0.25) is 0 Å². The number of esters is 1. The van der Waals surface area contributed by atoms with Crippen LogP contribution in [-0.4, -0.2) is 57.0 Å². The summed E-state index contributed by atoms with van der Waals surface area (Å²) >= 11 is 3.55. The summed E-state index contributed by atoms with van der Waals surface area (Å²) in [6, 6.07) is 15.5. The minimum absolute atomic E-state index is 0.161. The maximum atomic E-state index is 12.5. The van der Waals surface area contributed by atoms with E-state index < -0.39 is 24.3 Å². The molecule has 0 saturated carbocycles. The normalized spacial score (nSPS) is 15.1. The van der Waals surface area contributed by atoms with E-state index in [4.69, 9.17) is 23.7 Å². The number of halogens is 1. The number of aryl methyl sites for hydroxylation is 1. The molecular formula is C33H37BrN4O8. The van der Waals surface area contributed by atoms with Crippen molar-refractivity contribution in [2.75, 3.05) is 27.4 Å². The van der Waals surface area contributed by atoms with Crippen LogP contribution in [0.1, 0.15) is 42.1 Å². The van der Waals surface area contributed by atoms with Gasteiger partial charge in [0.25, 0.3) is 0 Å². The molecule has 2 amide bonds. The first-order valence-corrected chi connectivity index (χ1v) is 15.2. The molecular weight excluding hydrogens is 660 g/mol. The lowest BCUT2D eigenvalue weighted by Gasteiger charge is -2.28. The Labute approximate surface area is 275 Å². The van der Waals surface area contributed by atoms with E-state index in [1.54, 1.807) is 38.3 Å². The summed E-state index contributed by atoms with van der Waals surface area (Å²) in [6.45, 7) is 6.02. The molecule has 12 nitrogen and oxygen atoms in total. The Bertz CT molecular complexity index is 1610. The van der Waals surface area contributed by atoms with E-state index in [0.717, 1.165) is 5.56 Å². The van der Waals surface area contributed by atoms with Gasteiger partial charge in [0.1, 0.15) is 13.2 Å². The summed E-state index contributed by atoms with van der Waals surface area (Å²) in [5.74, 6) is 1.23. The number of allylic oxidation sites excluding steroid dienone is 1. The molecule has 0 unspecified atom stereocenters. The van der Waals surface area contributed by atoms with Gasteiger partial charge >= 0.3 is 12.0 Å². The van der Waals surface area contributed by atoms with Crippen LogP contribution in [0.25, 0.3) is 0 Å². The lowest BCUT2D eigenvalue weighted by Crippen LogP contribution is -2.45. The number of rotatable bonds is 14. The maximum absolute atomic E-state index is 12.5. The predicted molar refractivity (Wildman–Crippen MR) is 175 cm³/mol. The zero-order valence-electron chi connectivity index (χ0n) is 26.2. The molecule has 0 aromatic heterocycles. The number of hydrogen-bond donors (Lipinski definition) is 4. The summed E-state index contributed by atoms with van der Waals surface area (Å²) in [6.07, 6.45) is 0.371. The summed E-state index contributed by atoms with van der Waals surface area (Å²) < 4.78 is 28.7. The van der Waals surface area contributed by atoms with Crippen molar-refractivity contribution in [3.05, 3.63) is 92.6 Å². The molecule has 1 aliphatic rings. The second-order valence-corrected chi connectivity index (χ2v) is 11.1. The molecule has 0 fully saturated rings. The van der Waals surface area contributed by atoms with E-state index in [9.17, 15) is 14.7 Å². The molecule has 3 aromatic carbocycles. The Morgan fingerprint density at radius 1 is 1.04 bits per heavy atom. The first-order chi connectivity index (χ1) is 22.1. The molecule has 0 spiro atoms. The van der Waals surface area contributed by atoms with Gasteiger partial charge in [-0.25, -0.2) is 9.59 Å². The van der Waals surface area contributed by atoms with Gasteiger partial charge in [0.2, 0.25) is 0 Å². The lowest BCUT2D eigenvalue weighted by atomic mass is 9.95. The number of amides is 2. The Balaban J connectivity index is 1.38. The number of nitrogens with one attached hydrogen (secondary N) is 3. The Morgan fingerprint density at radius 3 is 2.50 bits per heavy atom. The van der Waals surface area contributed by atoms with Crippen molar-refractivity contribution in [1.82, 2.24) is 16.1 Å². The van der Waals surface area contributed by atoms with Gasteiger partial charge in [-0.3, -0.25) is 5.43 Å². The highest BCUT2D eigenvalue weighted by molar-refractivity contribution is 9.10. The van der Waals surface area contributed by atoms with Crippen molar-refractivity contribution in [1.29, 1.82) is 0 Å². The number of aliphatic hydroxyl groups excluding tert-OH is 1. The molecule has 0 radical (unpaired) electrons. The van der Waals surface area contributed by atoms with E-state index in [-0.39, 0.29) is 12.2 Å². The van der Waals surface area contributed by atoms with E-state index in [2.05, 4.69) is 37.1 Å². The number of nitrogens with zero attached hydrogens (tertiary/aromatic N) is 1. The molecule has 4 N–H and O–H groups in total. The molecule has 2 atom stereocenters. The van der Waals surface area contributed by atoms with Crippen LogP contribution >= 0.6 is 15.9 Å². The number of aliphatic hydroxyl groups is 1. The summed E-state index contributed by atoms with van der Waals surface area (Å²) in [5.41, 5.74) is 6.78. The van der Waals surface area contributed by atoms with Gasteiger partial charge in [0.15, 0.2) is 29.2 Å². The highest BCUT2D eigenvalue weighted by atomic mass is 79.9. The van der Waals surface area contributed by atoms with Crippen LogP contribution < -0.4 is 35.0 Å². The number of hydrogen-bond acceptors (Lipinski definition) is 10. The average Bonchev–Trinajstić information content (AvgIpc) is 3.03. The monoisotopic (exact) mass is 696 g/mol. The molecule has 244 valence electrons. The van der Waals surface area contributed by atoms with Crippen LogP contribution in [-0.2, 0) is 16.1 Å². The van der Waals surface area contributed by atoms with E-state index in [1.165, 1.54) is 18.9 Å². The zero-order chi connectivity index (χ0) is 33.2. The van der Waals surface area contributed by atoms with Crippen LogP contribution in [0.5, 0.6) is 23.0 Å². The zero-order valence-corrected chi connectivity index (χ0v) is 27.8. The molecule has 0 bridgehead atoms. The fourth-order valence-corrected chi connectivity index (χ4v) is 5.19. The highest BCUT2D eigenvalue weighted by Crippen LogP contribution is 2.37. The number of carbonyl (C=O) groups excluding carboxylic acids is 2. The minimum atomic E-state index is -1.16.